The SMILES string of the molecule is CC(C#N)CS(=O)c1cccc(F)c1. The second-order valence-corrected chi connectivity index (χ2v) is 4.50. The van der Waals surface area contributed by atoms with Gasteiger partial charge in [-0.2, -0.15) is 5.26 Å². The largest absolute Gasteiger partial charge is 0.254 e. The molecule has 0 N–H and O–H groups in total. The number of hydrogen-bond donors (Lipinski definition) is 0. The molecule has 0 aromatic heterocycles. The summed E-state index contributed by atoms with van der Waals surface area (Å²) in [4.78, 5) is 0.437. The Labute approximate surface area is 84.8 Å². The van der Waals surface area contributed by atoms with E-state index >= 15 is 0 Å². The van der Waals surface area contributed by atoms with Crippen LogP contribution < -0.4 is 0 Å². The van der Waals surface area contributed by atoms with Crippen LogP contribution >= 0.6 is 0 Å². The highest BCUT2D eigenvalue weighted by Crippen LogP contribution is 2.11. The molecule has 0 spiro atoms. The summed E-state index contributed by atoms with van der Waals surface area (Å²) in [6, 6.07) is 7.64. The van der Waals surface area contributed by atoms with Crippen molar-refractivity contribution in [3.05, 3.63) is 30.1 Å². The molecule has 0 bridgehead atoms. The molecule has 2 atom stereocenters. The van der Waals surface area contributed by atoms with E-state index in [1.807, 2.05) is 6.07 Å². The highest BCUT2D eigenvalue weighted by atomic mass is 32.2. The lowest BCUT2D eigenvalue weighted by atomic mass is 10.3. The second kappa shape index (κ2) is 4.87. The Morgan fingerprint density at radius 3 is 2.93 bits per heavy atom. The van der Waals surface area contributed by atoms with E-state index in [4.69, 9.17) is 5.26 Å². The molecule has 0 aliphatic carbocycles. The lowest BCUT2D eigenvalue weighted by Gasteiger charge is -2.02. The third-order valence-corrected chi connectivity index (χ3v) is 3.26. The summed E-state index contributed by atoms with van der Waals surface area (Å²) >= 11 is 0. The fourth-order valence-electron chi connectivity index (χ4n) is 0.969. The van der Waals surface area contributed by atoms with Crippen LogP contribution in [-0.4, -0.2) is 9.96 Å². The Balaban J connectivity index is 2.76. The van der Waals surface area contributed by atoms with Crippen molar-refractivity contribution in [1.29, 1.82) is 5.26 Å². The highest BCUT2D eigenvalue weighted by molar-refractivity contribution is 7.85. The van der Waals surface area contributed by atoms with Crippen molar-refractivity contribution in [2.24, 2.45) is 5.92 Å². The van der Waals surface area contributed by atoms with Crippen LogP contribution in [0, 0.1) is 23.1 Å². The van der Waals surface area contributed by atoms with Crippen LogP contribution in [0.4, 0.5) is 4.39 Å². The van der Waals surface area contributed by atoms with E-state index in [2.05, 4.69) is 0 Å². The smallest absolute Gasteiger partial charge is 0.124 e. The first-order valence-corrected chi connectivity index (χ1v) is 5.49. The van der Waals surface area contributed by atoms with Crippen LogP contribution in [0.3, 0.4) is 0 Å². The van der Waals surface area contributed by atoms with Crippen molar-refractivity contribution in [3.63, 3.8) is 0 Å². The molecule has 74 valence electrons. The summed E-state index contributed by atoms with van der Waals surface area (Å²) in [7, 11) is -1.29. The molecule has 0 aliphatic rings. The fourth-order valence-corrected chi connectivity index (χ4v) is 2.16. The van der Waals surface area contributed by atoms with Crippen LogP contribution in [0.5, 0.6) is 0 Å². The minimum absolute atomic E-state index is 0.250. The molecule has 0 radical (unpaired) electrons. The van der Waals surface area contributed by atoms with E-state index in [1.165, 1.54) is 18.2 Å². The number of halogens is 1. The monoisotopic (exact) mass is 211 g/mol. The molecule has 4 heteroatoms. The zero-order chi connectivity index (χ0) is 10.6. The van der Waals surface area contributed by atoms with Gasteiger partial charge in [0.2, 0.25) is 0 Å². The van der Waals surface area contributed by atoms with Gasteiger partial charge in [-0.25, -0.2) is 4.39 Å². The number of hydrogen-bond acceptors (Lipinski definition) is 2. The summed E-state index contributed by atoms with van der Waals surface area (Å²) in [5.74, 6) is -0.431. The summed E-state index contributed by atoms with van der Waals surface area (Å²) in [6.07, 6.45) is 0. The summed E-state index contributed by atoms with van der Waals surface area (Å²) in [6.45, 7) is 1.69. The Kier molecular flexibility index (Phi) is 3.78. The third kappa shape index (κ3) is 2.93. The van der Waals surface area contributed by atoms with Gasteiger partial charge in [-0.05, 0) is 25.1 Å². The Bertz CT molecular complexity index is 386. The number of rotatable bonds is 3. The quantitative estimate of drug-likeness (QED) is 0.768. The van der Waals surface area contributed by atoms with Gasteiger partial charge in [0, 0.05) is 10.6 Å². The number of benzene rings is 1. The number of nitriles is 1. The molecule has 0 amide bonds. The van der Waals surface area contributed by atoms with Gasteiger partial charge in [0.15, 0.2) is 0 Å². The maximum absolute atomic E-state index is 12.7. The van der Waals surface area contributed by atoms with E-state index in [0.717, 1.165) is 0 Å². The first kappa shape index (κ1) is 10.9. The predicted molar refractivity (Wildman–Crippen MR) is 52.5 cm³/mol. The van der Waals surface area contributed by atoms with Crippen molar-refractivity contribution < 1.29 is 8.60 Å². The molecule has 1 aromatic carbocycles. The second-order valence-electron chi connectivity index (χ2n) is 3.00. The van der Waals surface area contributed by atoms with Crippen molar-refractivity contribution in [2.45, 2.75) is 11.8 Å². The van der Waals surface area contributed by atoms with Gasteiger partial charge in [-0.15, -0.1) is 0 Å². The van der Waals surface area contributed by atoms with E-state index < -0.39 is 16.6 Å². The lowest BCUT2D eigenvalue weighted by molar-refractivity contribution is 0.622. The van der Waals surface area contributed by atoms with Crippen LogP contribution in [0.25, 0.3) is 0 Å². The molecule has 0 heterocycles. The minimum Gasteiger partial charge on any atom is -0.254 e. The average molecular weight is 211 g/mol. The van der Waals surface area contributed by atoms with E-state index in [9.17, 15) is 8.60 Å². The van der Waals surface area contributed by atoms with Gasteiger partial charge in [0.05, 0.1) is 22.8 Å². The number of nitrogens with zero attached hydrogens (tertiary/aromatic N) is 1. The van der Waals surface area contributed by atoms with Crippen molar-refractivity contribution in [2.75, 3.05) is 5.75 Å². The molecule has 2 nitrogen and oxygen atoms in total. The van der Waals surface area contributed by atoms with Crippen molar-refractivity contribution >= 4 is 10.8 Å². The first-order valence-electron chi connectivity index (χ1n) is 4.17. The van der Waals surface area contributed by atoms with Crippen LogP contribution in [0.2, 0.25) is 0 Å². The van der Waals surface area contributed by atoms with Gasteiger partial charge in [0.1, 0.15) is 5.82 Å². The highest BCUT2D eigenvalue weighted by Gasteiger charge is 2.09. The zero-order valence-electron chi connectivity index (χ0n) is 7.74. The molecule has 2 unspecified atom stereocenters. The van der Waals surface area contributed by atoms with Gasteiger partial charge < -0.3 is 0 Å². The van der Waals surface area contributed by atoms with Gasteiger partial charge in [-0.1, -0.05) is 6.07 Å². The topological polar surface area (TPSA) is 40.9 Å². The third-order valence-electron chi connectivity index (χ3n) is 1.68. The predicted octanol–water partition coefficient (Wildman–Crippen LogP) is 2.09. The Hall–Kier alpha value is -1.21. The molecular weight excluding hydrogens is 201 g/mol. The standard InChI is InChI=1S/C10H10FNOS/c1-8(6-12)7-14(13)10-4-2-3-9(11)5-10/h2-5,8H,7H2,1H3. The summed E-state index contributed by atoms with van der Waals surface area (Å²) in [5, 5.41) is 8.53. The first-order chi connectivity index (χ1) is 6.63. The molecule has 14 heavy (non-hydrogen) atoms. The van der Waals surface area contributed by atoms with Crippen LogP contribution in [-0.2, 0) is 10.8 Å². The summed E-state index contributed by atoms with van der Waals surface area (Å²) in [5.41, 5.74) is 0. The van der Waals surface area contributed by atoms with Gasteiger partial charge in [-0.3, -0.25) is 4.21 Å². The molecule has 1 rings (SSSR count). The fraction of sp³-hybridized carbons (Fsp3) is 0.300. The Morgan fingerprint density at radius 2 is 2.36 bits per heavy atom. The molecular formula is C10H10FNOS. The van der Waals surface area contributed by atoms with Crippen LogP contribution in [0.15, 0.2) is 29.2 Å². The normalized spacial score (nSPS) is 14.4. The maximum atomic E-state index is 12.7. The van der Waals surface area contributed by atoms with Gasteiger partial charge >= 0.3 is 0 Å². The zero-order valence-corrected chi connectivity index (χ0v) is 8.55. The molecule has 0 saturated heterocycles. The molecule has 0 fully saturated rings. The van der Waals surface area contributed by atoms with Crippen molar-refractivity contribution in [1.82, 2.24) is 0 Å². The molecule has 0 aliphatic heterocycles. The van der Waals surface area contributed by atoms with Gasteiger partial charge in [0.25, 0.3) is 0 Å². The minimum atomic E-state index is -1.29. The summed E-state index contributed by atoms with van der Waals surface area (Å²) < 4.78 is 24.3. The van der Waals surface area contributed by atoms with Crippen molar-refractivity contribution in [3.8, 4) is 6.07 Å². The van der Waals surface area contributed by atoms with E-state index in [0.29, 0.717) is 4.90 Å². The molecule has 1 aromatic rings. The van der Waals surface area contributed by atoms with Crippen LogP contribution in [0.1, 0.15) is 6.92 Å². The Morgan fingerprint density at radius 1 is 1.64 bits per heavy atom. The average Bonchev–Trinajstić information content (AvgIpc) is 2.17. The molecule has 0 saturated carbocycles. The van der Waals surface area contributed by atoms with E-state index in [1.54, 1.807) is 13.0 Å². The maximum Gasteiger partial charge on any atom is 0.124 e. The lowest BCUT2D eigenvalue weighted by Crippen LogP contribution is -2.06. The van der Waals surface area contributed by atoms with E-state index in [-0.39, 0.29) is 11.7 Å².